The van der Waals surface area contributed by atoms with Gasteiger partial charge in [0, 0.05) is 19.5 Å². The average molecular weight is 303 g/mol. The van der Waals surface area contributed by atoms with Gasteiger partial charge in [-0.05, 0) is 12.0 Å². The first kappa shape index (κ1) is 15.8. The zero-order valence-corrected chi connectivity index (χ0v) is 11.9. The Labute approximate surface area is 122 Å². The molecule has 1 rings (SSSR count). The van der Waals surface area contributed by atoms with Crippen LogP contribution in [-0.2, 0) is 16.0 Å². The van der Waals surface area contributed by atoms with E-state index in [1.807, 2.05) is 30.3 Å². The number of carbonyl (C=O) groups excluding carboxylic acids is 2. The SMILES string of the molecule is O=C(CCc1ccccc1)NCCNC(=O)C(Cl)Cl. The van der Waals surface area contributed by atoms with Crippen LogP contribution in [0.1, 0.15) is 12.0 Å². The molecule has 0 aliphatic carbocycles. The van der Waals surface area contributed by atoms with Gasteiger partial charge in [0.15, 0.2) is 4.84 Å². The zero-order chi connectivity index (χ0) is 14.1. The summed E-state index contributed by atoms with van der Waals surface area (Å²) >= 11 is 10.7. The molecule has 19 heavy (non-hydrogen) atoms. The molecule has 2 N–H and O–H groups in total. The van der Waals surface area contributed by atoms with Gasteiger partial charge >= 0.3 is 0 Å². The Morgan fingerprint density at radius 2 is 1.68 bits per heavy atom. The van der Waals surface area contributed by atoms with Crippen LogP contribution in [0.4, 0.5) is 0 Å². The molecule has 0 atom stereocenters. The highest BCUT2D eigenvalue weighted by Crippen LogP contribution is 2.02. The van der Waals surface area contributed by atoms with Gasteiger partial charge in [-0.15, -0.1) is 0 Å². The molecule has 0 saturated heterocycles. The first-order valence-corrected chi connectivity index (χ1v) is 6.83. The van der Waals surface area contributed by atoms with Gasteiger partial charge in [0.1, 0.15) is 0 Å². The lowest BCUT2D eigenvalue weighted by Crippen LogP contribution is -2.36. The van der Waals surface area contributed by atoms with Gasteiger partial charge in [-0.25, -0.2) is 0 Å². The summed E-state index contributed by atoms with van der Waals surface area (Å²) in [5.74, 6) is -0.506. The van der Waals surface area contributed by atoms with E-state index in [1.165, 1.54) is 0 Å². The number of halogens is 2. The number of carbonyl (C=O) groups is 2. The molecule has 1 aromatic rings. The van der Waals surface area contributed by atoms with E-state index in [0.29, 0.717) is 25.9 Å². The summed E-state index contributed by atoms with van der Waals surface area (Å²) in [4.78, 5) is 21.5. The van der Waals surface area contributed by atoms with Gasteiger partial charge in [0.25, 0.3) is 5.91 Å². The van der Waals surface area contributed by atoms with Gasteiger partial charge in [0.2, 0.25) is 5.91 Å². The predicted molar refractivity (Wildman–Crippen MR) is 76.3 cm³/mol. The van der Waals surface area contributed by atoms with Crippen LogP contribution >= 0.6 is 23.2 Å². The van der Waals surface area contributed by atoms with Crippen molar-refractivity contribution in [3.05, 3.63) is 35.9 Å². The van der Waals surface area contributed by atoms with E-state index >= 15 is 0 Å². The second-order valence-corrected chi connectivity index (χ2v) is 5.02. The first-order chi connectivity index (χ1) is 9.09. The summed E-state index contributed by atoms with van der Waals surface area (Å²) in [6, 6.07) is 9.78. The van der Waals surface area contributed by atoms with Crippen LogP contribution in [0, 0.1) is 0 Å². The summed E-state index contributed by atoms with van der Waals surface area (Å²) in [6.07, 6.45) is 1.12. The molecule has 4 nitrogen and oxygen atoms in total. The molecule has 0 fully saturated rings. The number of nitrogens with one attached hydrogen (secondary N) is 2. The molecule has 0 radical (unpaired) electrons. The Balaban J connectivity index is 2.10. The van der Waals surface area contributed by atoms with Crippen LogP contribution in [0.15, 0.2) is 30.3 Å². The van der Waals surface area contributed by atoms with Crippen molar-refractivity contribution < 1.29 is 9.59 Å². The quantitative estimate of drug-likeness (QED) is 0.594. The second-order valence-electron chi connectivity index (χ2n) is 3.93. The highest BCUT2D eigenvalue weighted by atomic mass is 35.5. The van der Waals surface area contributed by atoms with E-state index < -0.39 is 10.7 Å². The normalized spacial score (nSPS) is 10.3. The van der Waals surface area contributed by atoms with Crippen LogP contribution in [0.25, 0.3) is 0 Å². The van der Waals surface area contributed by atoms with Crippen LogP contribution in [0.3, 0.4) is 0 Å². The molecule has 0 bridgehead atoms. The molecule has 0 saturated carbocycles. The monoisotopic (exact) mass is 302 g/mol. The standard InChI is InChI=1S/C13H16Cl2N2O2/c14-12(15)13(19)17-9-8-16-11(18)7-6-10-4-2-1-3-5-10/h1-5,12H,6-9H2,(H,16,18)(H,17,19). The van der Waals surface area contributed by atoms with Crippen molar-refractivity contribution in [2.75, 3.05) is 13.1 Å². The fourth-order valence-corrected chi connectivity index (χ4v) is 1.61. The number of amides is 2. The number of benzene rings is 1. The van der Waals surface area contributed by atoms with Crippen LogP contribution in [0.2, 0.25) is 0 Å². The smallest absolute Gasteiger partial charge is 0.253 e. The third-order valence-electron chi connectivity index (χ3n) is 2.43. The molecule has 0 unspecified atom stereocenters. The number of aryl methyl sites for hydroxylation is 1. The molecule has 0 heterocycles. The van der Waals surface area contributed by atoms with E-state index in [0.717, 1.165) is 5.56 Å². The summed E-state index contributed by atoms with van der Waals surface area (Å²) in [6.45, 7) is 0.672. The number of hydrogen-bond donors (Lipinski definition) is 2. The highest BCUT2D eigenvalue weighted by molar-refractivity contribution is 6.53. The topological polar surface area (TPSA) is 58.2 Å². The summed E-state index contributed by atoms with van der Waals surface area (Å²) in [7, 11) is 0. The second kappa shape index (κ2) is 8.77. The van der Waals surface area contributed by atoms with Crippen molar-refractivity contribution in [2.24, 2.45) is 0 Å². The molecular formula is C13H16Cl2N2O2. The Hall–Kier alpha value is -1.26. The van der Waals surface area contributed by atoms with E-state index in [1.54, 1.807) is 0 Å². The predicted octanol–water partition coefficient (Wildman–Crippen LogP) is 1.66. The van der Waals surface area contributed by atoms with Gasteiger partial charge in [-0.1, -0.05) is 53.5 Å². The van der Waals surface area contributed by atoms with Crippen molar-refractivity contribution in [1.29, 1.82) is 0 Å². The van der Waals surface area contributed by atoms with E-state index in [9.17, 15) is 9.59 Å². The lowest BCUT2D eigenvalue weighted by Gasteiger charge is -2.07. The molecule has 104 valence electrons. The first-order valence-electron chi connectivity index (χ1n) is 5.96. The maximum absolute atomic E-state index is 11.5. The number of alkyl halides is 2. The Bertz CT molecular complexity index is 410. The van der Waals surface area contributed by atoms with Crippen LogP contribution in [-0.4, -0.2) is 29.7 Å². The van der Waals surface area contributed by atoms with Gasteiger partial charge in [0.05, 0.1) is 0 Å². The maximum Gasteiger partial charge on any atom is 0.253 e. The van der Waals surface area contributed by atoms with E-state index in [4.69, 9.17) is 23.2 Å². The zero-order valence-electron chi connectivity index (χ0n) is 10.4. The summed E-state index contributed by atoms with van der Waals surface area (Å²) in [5, 5.41) is 5.20. The Morgan fingerprint density at radius 1 is 1.05 bits per heavy atom. The third kappa shape index (κ3) is 7.03. The lowest BCUT2D eigenvalue weighted by molar-refractivity contribution is -0.122. The highest BCUT2D eigenvalue weighted by Gasteiger charge is 2.09. The molecule has 0 spiro atoms. The fourth-order valence-electron chi connectivity index (χ4n) is 1.46. The summed E-state index contributed by atoms with van der Waals surface area (Å²) in [5.41, 5.74) is 1.12. The van der Waals surface area contributed by atoms with Crippen molar-refractivity contribution in [3.63, 3.8) is 0 Å². The molecule has 0 aromatic heterocycles. The number of hydrogen-bond acceptors (Lipinski definition) is 2. The lowest BCUT2D eigenvalue weighted by atomic mass is 10.1. The van der Waals surface area contributed by atoms with Crippen LogP contribution in [0.5, 0.6) is 0 Å². The molecule has 0 aliphatic heterocycles. The van der Waals surface area contributed by atoms with Crippen molar-refractivity contribution in [2.45, 2.75) is 17.7 Å². The van der Waals surface area contributed by atoms with Gasteiger partial charge in [-0.3, -0.25) is 9.59 Å². The van der Waals surface area contributed by atoms with Crippen molar-refractivity contribution in [1.82, 2.24) is 10.6 Å². The van der Waals surface area contributed by atoms with Crippen molar-refractivity contribution in [3.8, 4) is 0 Å². The average Bonchev–Trinajstić information content (AvgIpc) is 2.42. The van der Waals surface area contributed by atoms with Crippen molar-refractivity contribution >= 4 is 35.0 Å². The van der Waals surface area contributed by atoms with Gasteiger partial charge < -0.3 is 10.6 Å². The molecule has 0 aliphatic rings. The van der Waals surface area contributed by atoms with E-state index in [-0.39, 0.29) is 5.91 Å². The molecule has 2 amide bonds. The van der Waals surface area contributed by atoms with Gasteiger partial charge in [-0.2, -0.15) is 0 Å². The summed E-state index contributed by atoms with van der Waals surface area (Å²) < 4.78 is 0. The molecular weight excluding hydrogens is 287 g/mol. The minimum atomic E-state index is -1.08. The van der Waals surface area contributed by atoms with Crippen LogP contribution < -0.4 is 10.6 Å². The molecule has 6 heteroatoms. The fraction of sp³-hybridized carbons (Fsp3) is 0.385. The third-order valence-corrected chi connectivity index (χ3v) is 2.82. The Morgan fingerprint density at radius 3 is 2.32 bits per heavy atom. The van der Waals surface area contributed by atoms with E-state index in [2.05, 4.69) is 10.6 Å². The molecule has 1 aromatic carbocycles. The minimum absolute atomic E-state index is 0.0496. The minimum Gasteiger partial charge on any atom is -0.354 e. The Kier molecular flexibility index (Phi) is 7.30. The maximum atomic E-state index is 11.5. The number of rotatable bonds is 7. The largest absolute Gasteiger partial charge is 0.354 e.